The number of hydrogen-bond acceptors (Lipinski definition) is 2. The molecule has 0 spiro atoms. The van der Waals surface area contributed by atoms with Crippen molar-refractivity contribution in [1.29, 1.82) is 0 Å². The lowest BCUT2D eigenvalue weighted by Gasteiger charge is -2.06. The van der Waals surface area contributed by atoms with Gasteiger partial charge in [0.2, 0.25) is 5.91 Å². The van der Waals surface area contributed by atoms with Gasteiger partial charge in [0.25, 0.3) is 0 Å². The molecule has 0 aromatic heterocycles. The summed E-state index contributed by atoms with van der Waals surface area (Å²) in [6.45, 7) is 2.17. The molecule has 0 heterocycles. The number of carbonyl (C=O) groups excluding carboxylic acids is 1. The molecular weight excluding hydrogens is 226 g/mol. The van der Waals surface area contributed by atoms with Crippen molar-refractivity contribution in [1.82, 2.24) is 5.32 Å². The maximum Gasteiger partial charge on any atom is 0.220 e. The van der Waals surface area contributed by atoms with Crippen molar-refractivity contribution >= 4 is 17.5 Å². The van der Waals surface area contributed by atoms with Crippen molar-refractivity contribution in [3.63, 3.8) is 0 Å². The normalized spacial score (nSPS) is 12.2. The smallest absolute Gasteiger partial charge is 0.220 e. The van der Waals surface area contributed by atoms with Crippen LogP contribution in [-0.4, -0.2) is 17.1 Å². The lowest BCUT2D eigenvalue weighted by atomic mass is 10.2. The molecule has 1 rings (SSSR count). The molecule has 1 unspecified atom stereocenters. The molecule has 1 atom stereocenters. The Morgan fingerprint density at radius 2 is 2.06 bits per heavy atom. The van der Waals surface area contributed by atoms with Crippen LogP contribution in [0.5, 0.6) is 0 Å². The highest BCUT2D eigenvalue weighted by atomic mass is 35.5. The fourth-order valence-corrected chi connectivity index (χ4v) is 1.36. The van der Waals surface area contributed by atoms with Crippen LogP contribution in [0.4, 0.5) is 0 Å². The Labute approximate surface area is 100 Å². The van der Waals surface area contributed by atoms with Crippen molar-refractivity contribution in [3.05, 3.63) is 34.9 Å². The van der Waals surface area contributed by atoms with Gasteiger partial charge in [0.15, 0.2) is 0 Å². The Hall–Kier alpha value is -1.06. The van der Waals surface area contributed by atoms with Crippen molar-refractivity contribution in [3.8, 4) is 0 Å². The molecule has 0 aliphatic heterocycles. The number of amides is 1. The summed E-state index contributed by atoms with van der Waals surface area (Å²) >= 11 is 5.74. The van der Waals surface area contributed by atoms with Crippen LogP contribution in [0, 0.1) is 0 Å². The Bertz CT molecular complexity index is 335. The Balaban J connectivity index is 2.29. The minimum absolute atomic E-state index is 0.0455. The fraction of sp³-hybridized carbons (Fsp3) is 0.417. The van der Waals surface area contributed by atoms with E-state index in [4.69, 9.17) is 16.7 Å². The summed E-state index contributed by atoms with van der Waals surface area (Å²) in [5.74, 6) is -0.0455. The molecule has 1 aromatic carbocycles. The molecule has 88 valence electrons. The number of rotatable bonds is 5. The number of nitrogens with one attached hydrogen (secondary N) is 1. The van der Waals surface area contributed by atoms with Gasteiger partial charge in [-0.05, 0) is 31.0 Å². The minimum Gasteiger partial charge on any atom is -0.393 e. The Morgan fingerprint density at radius 1 is 1.44 bits per heavy atom. The summed E-state index contributed by atoms with van der Waals surface area (Å²) in [5.41, 5.74) is 1.01. The molecular formula is C12H16ClNO2. The van der Waals surface area contributed by atoms with Crippen LogP contribution in [0.3, 0.4) is 0 Å². The maximum atomic E-state index is 11.3. The summed E-state index contributed by atoms with van der Waals surface area (Å²) < 4.78 is 0. The van der Waals surface area contributed by atoms with Gasteiger partial charge in [-0.25, -0.2) is 0 Å². The lowest BCUT2D eigenvalue weighted by Crippen LogP contribution is -2.23. The number of benzene rings is 1. The van der Waals surface area contributed by atoms with Crippen LogP contribution in [-0.2, 0) is 11.3 Å². The average Bonchev–Trinajstić information content (AvgIpc) is 2.25. The van der Waals surface area contributed by atoms with Gasteiger partial charge in [-0.15, -0.1) is 0 Å². The van der Waals surface area contributed by atoms with Crippen LogP contribution in [0.1, 0.15) is 25.3 Å². The summed E-state index contributed by atoms with van der Waals surface area (Å²) in [6, 6.07) is 7.33. The summed E-state index contributed by atoms with van der Waals surface area (Å²) in [4.78, 5) is 11.3. The van der Waals surface area contributed by atoms with Crippen LogP contribution in [0.25, 0.3) is 0 Å². The standard InChI is InChI=1S/C12H16ClNO2/c1-9(15)2-7-12(16)14-8-10-3-5-11(13)6-4-10/h3-6,9,15H,2,7-8H2,1H3,(H,14,16). The lowest BCUT2D eigenvalue weighted by molar-refractivity contribution is -0.121. The molecule has 0 saturated heterocycles. The molecule has 16 heavy (non-hydrogen) atoms. The summed E-state index contributed by atoms with van der Waals surface area (Å²) in [7, 11) is 0. The third-order valence-corrected chi connectivity index (χ3v) is 2.44. The molecule has 0 fully saturated rings. The van der Waals surface area contributed by atoms with E-state index in [0.29, 0.717) is 24.4 Å². The molecule has 0 saturated carbocycles. The summed E-state index contributed by atoms with van der Waals surface area (Å²) in [5, 5.41) is 12.5. The van der Waals surface area contributed by atoms with E-state index in [9.17, 15) is 4.79 Å². The quantitative estimate of drug-likeness (QED) is 0.830. The van der Waals surface area contributed by atoms with E-state index >= 15 is 0 Å². The van der Waals surface area contributed by atoms with Crippen molar-refractivity contribution in [2.24, 2.45) is 0 Å². The second kappa shape index (κ2) is 6.51. The highest BCUT2D eigenvalue weighted by molar-refractivity contribution is 6.30. The van der Waals surface area contributed by atoms with Crippen molar-refractivity contribution < 1.29 is 9.90 Å². The first-order valence-electron chi connectivity index (χ1n) is 5.27. The Kier molecular flexibility index (Phi) is 5.29. The van der Waals surface area contributed by atoms with E-state index < -0.39 is 6.10 Å². The number of carbonyl (C=O) groups is 1. The molecule has 0 radical (unpaired) electrons. The zero-order valence-corrected chi connectivity index (χ0v) is 10.00. The molecule has 1 aromatic rings. The predicted molar refractivity (Wildman–Crippen MR) is 64.2 cm³/mol. The zero-order valence-electron chi connectivity index (χ0n) is 9.24. The largest absolute Gasteiger partial charge is 0.393 e. The molecule has 0 bridgehead atoms. The Morgan fingerprint density at radius 3 is 2.62 bits per heavy atom. The fourth-order valence-electron chi connectivity index (χ4n) is 1.23. The molecule has 0 aliphatic rings. The van der Waals surface area contributed by atoms with Crippen LogP contribution < -0.4 is 5.32 Å². The van der Waals surface area contributed by atoms with Gasteiger partial charge >= 0.3 is 0 Å². The monoisotopic (exact) mass is 241 g/mol. The zero-order chi connectivity index (χ0) is 12.0. The molecule has 4 heteroatoms. The number of hydrogen-bond donors (Lipinski definition) is 2. The van der Waals surface area contributed by atoms with E-state index in [2.05, 4.69) is 5.32 Å². The van der Waals surface area contributed by atoms with Gasteiger partial charge < -0.3 is 10.4 Å². The van der Waals surface area contributed by atoms with Crippen LogP contribution in [0.15, 0.2) is 24.3 Å². The van der Waals surface area contributed by atoms with E-state index in [1.165, 1.54) is 0 Å². The molecule has 3 nitrogen and oxygen atoms in total. The molecule has 1 amide bonds. The topological polar surface area (TPSA) is 49.3 Å². The summed E-state index contributed by atoms with van der Waals surface area (Å²) in [6.07, 6.45) is 0.416. The van der Waals surface area contributed by atoms with Gasteiger partial charge in [0, 0.05) is 18.0 Å². The second-order valence-electron chi connectivity index (χ2n) is 3.79. The van der Waals surface area contributed by atoms with Gasteiger partial charge in [0.05, 0.1) is 6.10 Å². The maximum absolute atomic E-state index is 11.3. The van der Waals surface area contributed by atoms with Crippen LogP contribution >= 0.6 is 11.6 Å². The number of aliphatic hydroxyl groups excluding tert-OH is 1. The van der Waals surface area contributed by atoms with Gasteiger partial charge in [0.1, 0.15) is 0 Å². The first kappa shape index (κ1) is 13.0. The van der Waals surface area contributed by atoms with E-state index in [1.807, 2.05) is 12.1 Å². The van der Waals surface area contributed by atoms with E-state index in [1.54, 1.807) is 19.1 Å². The van der Waals surface area contributed by atoms with Gasteiger partial charge in [-0.3, -0.25) is 4.79 Å². The van der Waals surface area contributed by atoms with E-state index in [-0.39, 0.29) is 5.91 Å². The highest BCUT2D eigenvalue weighted by Crippen LogP contribution is 2.09. The third kappa shape index (κ3) is 5.14. The second-order valence-corrected chi connectivity index (χ2v) is 4.23. The van der Waals surface area contributed by atoms with Gasteiger partial charge in [-0.2, -0.15) is 0 Å². The first-order chi connectivity index (χ1) is 7.58. The van der Waals surface area contributed by atoms with Crippen LogP contribution in [0.2, 0.25) is 5.02 Å². The SMILES string of the molecule is CC(O)CCC(=O)NCc1ccc(Cl)cc1. The molecule has 2 N–H and O–H groups in total. The first-order valence-corrected chi connectivity index (χ1v) is 5.65. The van der Waals surface area contributed by atoms with Crippen molar-refractivity contribution in [2.75, 3.05) is 0 Å². The highest BCUT2D eigenvalue weighted by Gasteiger charge is 2.03. The third-order valence-electron chi connectivity index (χ3n) is 2.19. The van der Waals surface area contributed by atoms with Crippen molar-refractivity contribution in [2.45, 2.75) is 32.4 Å². The van der Waals surface area contributed by atoms with E-state index in [0.717, 1.165) is 5.56 Å². The number of aliphatic hydroxyl groups is 1. The number of halogens is 1. The average molecular weight is 242 g/mol. The predicted octanol–water partition coefficient (Wildman–Crippen LogP) is 2.12. The minimum atomic E-state index is -0.429. The molecule has 0 aliphatic carbocycles. The van der Waals surface area contributed by atoms with Gasteiger partial charge in [-0.1, -0.05) is 23.7 Å².